The van der Waals surface area contributed by atoms with Crippen LogP contribution in [0.5, 0.6) is 0 Å². The Kier molecular flexibility index (Phi) is 11.4. The Morgan fingerprint density at radius 1 is 1.19 bits per heavy atom. The van der Waals surface area contributed by atoms with Crippen molar-refractivity contribution < 1.29 is 18.8 Å². The van der Waals surface area contributed by atoms with Crippen LogP contribution in [0, 0.1) is 6.92 Å². The van der Waals surface area contributed by atoms with Gasteiger partial charge in [0.25, 0.3) is 0 Å². The number of ether oxygens (including phenoxy) is 1. The van der Waals surface area contributed by atoms with E-state index in [1.165, 1.54) is 19.3 Å². The first-order chi connectivity index (χ1) is 12.6. The summed E-state index contributed by atoms with van der Waals surface area (Å²) in [5.41, 5.74) is 0. The van der Waals surface area contributed by atoms with Crippen molar-refractivity contribution >= 4 is 17.6 Å². The third-order valence-corrected chi connectivity index (χ3v) is 4.10. The van der Waals surface area contributed by atoms with Crippen LogP contribution in [-0.2, 0) is 14.3 Å². The van der Waals surface area contributed by atoms with Gasteiger partial charge < -0.3 is 19.5 Å². The number of carbonyl (C=O) groups excluding carboxylic acids is 2. The second kappa shape index (κ2) is 13.3. The maximum Gasteiger partial charge on any atom is 0.245 e. The van der Waals surface area contributed by atoms with Crippen LogP contribution >= 0.6 is 0 Å². The van der Waals surface area contributed by atoms with Crippen molar-refractivity contribution in [2.45, 2.75) is 65.2 Å². The van der Waals surface area contributed by atoms with Gasteiger partial charge in [0.05, 0.1) is 6.54 Å². The maximum atomic E-state index is 12.5. The Morgan fingerprint density at radius 3 is 2.58 bits per heavy atom. The minimum Gasteiger partial charge on any atom is -0.385 e. The van der Waals surface area contributed by atoms with E-state index < -0.39 is 0 Å². The fourth-order valence-electron chi connectivity index (χ4n) is 2.69. The molecule has 1 aromatic heterocycles. The van der Waals surface area contributed by atoms with Crippen molar-refractivity contribution in [3.8, 4) is 0 Å². The van der Waals surface area contributed by atoms with Crippen molar-refractivity contribution in [1.29, 1.82) is 0 Å². The van der Waals surface area contributed by atoms with Gasteiger partial charge in [-0.2, -0.15) is 0 Å². The normalized spacial score (nSPS) is 10.7. The van der Waals surface area contributed by atoms with Crippen LogP contribution in [0.3, 0.4) is 0 Å². The number of rotatable bonds is 14. The van der Waals surface area contributed by atoms with E-state index in [9.17, 15) is 9.59 Å². The number of aromatic nitrogens is 1. The van der Waals surface area contributed by atoms with E-state index in [1.807, 2.05) is 0 Å². The zero-order valence-corrected chi connectivity index (χ0v) is 16.4. The summed E-state index contributed by atoms with van der Waals surface area (Å²) in [5, 5.41) is 6.40. The highest BCUT2D eigenvalue weighted by atomic mass is 16.5. The van der Waals surface area contributed by atoms with Gasteiger partial charge in [-0.1, -0.05) is 44.2 Å². The fraction of sp³-hybridized carbons (Fsp3) is 0.737. The summed E-state index contributed by atoms with van der Waals surface area (Å²) in [5.74, 6) is 0.735. The molecule has 26 heavy (non-hydrogen) atoms. The number of hydrogen-bond donors (Lipinski definition) is 1. The molecule has 0 radical (unpaired) electrons. The molecule has 148 valence electrons. The van der Waals surface area contributed by atoms with Crippen LogP contribution < -0.4 is 5.32 Å². The summed E-state index contributed by atoms with van der Waals surface area (Å²) in [6, 6.07) is 1.64. The highest BCUT2D eigenvalue weighted by Crippen LogP contribution is 2.10. The topological polar surface area (TPSA) is 84.7 Å². The highest BCUT2D eigenvalue weighted by molar-refractivity contribution is 5.93. The van der Waals surface area contributed by atoms with E-state index in [-0.39, 0.29) is 18.4 Å². The number of unbranched alkanes of at least 4 members (excludes halogenated alkanes) is 5. The number of hydrogen-bond acceptors (Lipinski definition) is 5. The van der Waals surface area contributed by atoms with E-state index in [0.717, 1.165) is 19.3 Å². The number of nitrogens with zero attached hydrogens (tertiary/aromatic N) is 2. The van der Waals surface area contributed by atoms with E-state index in [4.69, 9.17) is 9.26 Å². The first kappa shape index (κ1) is 22.2. The summed E-state index contributed by atoms with van der Waals surface area (Å²) in [4.78, 5) is 26.3. The molecule has 0 saturated carbocycles. The first-order valence-corrected chi connectivity index (χ1v) is 9.56. The van der Waals surface area contributed by atoms with Gasteiger partial charge in [0.1, 0.15) is 5.76 Å². The minimum atomic E-state index is -0.271. The molecule has 0 atom stereocenters. The van der Waals surface area contributed by atoms with Crippen LogP contribution in [0.4, 0.5) is 5.82 Å². The number of nitrogens with one attached hydrogen (secondary N) is 1. The Hall–Kier alpha value is -1.89. The molecule has 7 nitrogen and oxygen atoms in total. The van der Waals surface area contributed by atoms with E-state index in [1.54, 1.807) is 25.0 Å². The van der Waals surface area contributed by atoms with Gasteiger partial charge in [0.15, 0.2) is 5.82 Å². The van der Waals surface area contributed by atoms with Crippen LogP contribution in [-0.4, -0.2) is 48.7 Å². The van der Waals surface area contributed by atoms with Gasteiger partial charge in [-0.05, 0) is 19.8 Å². The molecule has 7 heteroatoms. The van der Waals surface area contributed by atoms with Gasteiger partial charge in [-0.3, -0.25) is 9.59 Å². The van der Waals surface area contributed by atoms with Gasteiger partial charge in [-0.25, -0.2) is 0 Å². The van der Waals surface area contributed by atoms with Gasteiger partial charge in [0, 0.05) is 32.7 Å². The lowest BCUT2D eigenvalue weighted by Gasteiger charge is -2.22. The molecule has 0 aliphatic carbocycles. The Morgan fingerprint density at radius 2 is 1.92 bits per heavy atom. The predicted molar refractivity (Wildman–Crippen MR) is 101 cm³/mol. The second-order valence-electron chi connectivity index (χ2n) is 6.55. The molecule has 0 aliphatic rings. The summed E-state index contributed by atoms with van der Waals surface area (Å²) < 4.78 is 9.98. The van der Waals surface area contributed by atoms with E-state index >= 15 is 0 Å². The number of carbonyl (C=O) groups is 2. The highest BCUT2D eigenvalue weighted by Gasteiger charge is 2.17. The minimum absolute atomic E-state index is 0.0167. The Bertz CT molecular complexity index is 531. The van der Waals surface area contributed by atoms with Crippen molar-refractivity contribution in [3.05, 3.63) is 11.8 Å². The third kappa shape index (κ3) is 9.56. The molecular weight excluding hydrogens is 334 g/mol. The standard InChI is InChI=1S/C19H33N3O4/c1-4-5-6-7-8-9-11-19(24)22(12-10-13-25-3)15-18(23)20-17-14-16(2)26-21-17/h14H,4-13,15H2,1-3H3,(H,20,21,23). The Labute approximate surface area is 156 Å². The molecule has 0 aromatic carbocycles. The number of amides is 2. The van der Waals surface area contributed by atoms with Crippen LogP contribution in [0.15, 0.2) is 10.6 Å². The lowest BCUT2D eigenvalue weighted by atomic mass is 10.1. The molecule has 1 rings (SSSR count). The fourth-order valence-corrected chi connectivity index (χ4v) is 2.69. The quantitative estimate of drug-likeness (QED) is 0.508. The largest absolute Gasteiger partial charge is 0.385 e. The second-order valence-corrected chi connectivity index (χ2v) is 6.55. The zero-order valence-electron chi connectivity index (χ0n) is 16.4. The third-order valence-electron chi connectivity index (χ3n) is 4.10. The molecule has 1 heterocycles. The number of methoxy groups -OCH3 is 1. The number of anilines is 1. The molecule has 0 unspecified atom stereocenters. The summed E-state index contributed by atoms with van der Waals surface area (Å²) in [6.07, 6.45) is 7.96. The van der Waals surface area contributed by atoms with Gasteiger partial charge >= 0.3 is 0 Å². The molecule has 0 bridgehead atoms. The molecule has 0 spiro atoms. The van der Waals surface area contributed by atoms with Gasteiger partial charge in [-0.15, -0.1) is 0 Å². The van der Waals surface area contributed by atoms with Crippen LogP contribution in [0.2, 0.25) is 0 Å². The maximum absolute atomic E-state index is 12.5. The molecule has 0 fully saturated rings. The lowest BCUT2D eigenvalue weighted by molar-refractivity contribution is -0.135. The van der Waals surface area contributed by atoms with Crippen molar-refractivity contribution in [3.63, 3.8) is 0 Å². The molecule has 1 aromatic rings. The lowest BCUT2D eigenvalue weighted by Crippen LogP contribution is -2.39. The summed E-state index contributed by atoms with van der Waals surface area (Å²) >= 11 is 0. The predicted octanol–water partition coefficient (Wildman–Crippen LogP) is 3.54. The molecule has 1 N–H and O–H groups in total. The Balaban J connectivity index is 2.43. The molecule has 0 aliphatic heterocycles. The van der Waals surface area contributed by atoms with E-state index in [0.29, 0.717) is 37.6 Å². The first-order valence-electron chi connectivity index (χ1n) is 9.56. The zero-order chi connectivity index (χ0) is 19.2. The average molecular weight is 367 g/mol. The smallest absolute Gasteiger partial charge is 0.245 e. The van der Waals surface area contributed by atoms with Crippen LogP contribution in [0.1, 0.15) is 64.1 Å². The van der Waals surface area contributed by atoms with Crippen molar-refractivity contribution in [2.75, 3.05) is 32.1 Å². The van der Waals surface area contributed by atoms with Crippen molar-refractivity contribution in [1.82, 2.24) is 10.1 Å². The monoisotopic (exact) mass is 367 g/mol. The van der Waals surface area contributed by atoms with Gasteiger partial charge in [0.2, 0.25) is 11.8 Å². The molecule has 2 amide bonds. The summed E-state index contributed by atoms with van der Waals surface area (Å²) in [6.45, 7) is 5.03. The van der Waals surface area contributed by atoms with Crippen LogP contribution in [0.25, 0.3) is 0 Å². The SMILES string of the molecule is CCCCCCCCC(=O)N(CCCOC)CC(=O)Nc1cc(C)on1. The number of aryl methyl sites for hydroxylation is 1. The van der Waals surface area contributed by atoms with E-state index in [2.05, 4.69) is 17.4 Å². The molecular formula is C19H33N3O4. The van der Waals surface area contributed by atoms with Crippen molar-refractivity contribution in [2.24, 2.45) is 0 Å². The average Bonchev–Trinajstić information content (AvgIpc) is 3.01. The summed E-state index contributed by atoms with van der Waals surface area (Å²) in [7, 11) is 1.63. The molecule has 0 saturated heterocycles.